The molecule has 3 aromatic carbocycles. The van der Waals surface area contributed by atoms with Crippen molar-refractivity contribution in [3.63, 3.8) is 0 Å². The van der Waals surface area contributed by atoms with Crippen molar-refractivity contribution < 1.29 is 9.53 Å². The quantitative estimate of drug-likeness (QED) is 0.396. The standard InChI is InChI=1S/C28H28ClN5O2/c1-19(20-8-4-3-5-9-20)30-28(35)26-22-10-6-7-11-23(22)27(32-31-26)34-16-14-33(15-17-34)24-18-21(29)12-13-25(24)36-2/h3-13,18-19H,14-17H2,1-2H3,(H,30,35)/t19-/m1/s1. The first-order valence-electron chi connectivity index (χ1n) is 12.0. The van der Waals surface area contributed by atoms with Gasteiger partial charge in [0.15, 0.2) is 11.5 Å². The van der Waals surface area contributed by atoms with E-state index >= 15 is 0 Å². The van der Waals surface area contributed by atoms with Crippen molar-refractivity contribution in [2.24, 2.45) is 0 Å². The van der Waals surface area contributed by atoms with Crippen LogP contribution in [-0.2, 0) is 0 Å². The fourth-order valence-electron chi connectivity index (χ4n) is 4.65. The molecule has 0 bridgehead atoms. The van der Waals surface area contributed by atoms with Gasteiger partial charge in [0.25, 0.3) is 5.91 Å². The number of nitrogens with zero attached hydrogens (tertiary/aromatic N) is 4. The molecule has 1 fully saturated rings. The maximum absolute atomic E-state index is 13.2. The van der Waals surface area contributed by atoms with Crippen LogP contribution in [0.4, 0.5) is 11.5 Å². The monoisotopic (exact) mass is 501 g/mol. The average Bonchev–Trinajstić information content (AvgIpc) is 2.93. The third-order valence-electron chi connectivity index (χ3n) is 6.59. The highest BCUT2D eigenvalue weighted by Gasteiger charge is 2.24. The fraction of sp³-hybridized carbons (Fsp3) is 0.250. The van der Waals surface area contributed by atoms with Gasteiger partial charge in [0, 0.05) is 42.0 Å². The summed E-state index contributed by atoms with van der Waals surface area (Å²) in [5, 5.41) is 14.4. The molecule has 5 rings (SSSR count). The highest BCUT2D eigenvalue weighted by molar-refractivity contribution is 6.31. The first-order chi connectivity index (χ1) is 17.5. The predicted octanol–water partition coefficient (Wildman–Crippen LogP) is 5.11. The third-order valence-corrected chi connectivity index (χ3v) is 6.83. The van der Waals surface area contributed by atoms with Crippen molar-refractivity contribution in [1.82, 2.24) is 15.5 Å². The number of nitrogens with one attached hydrogen (secondary N) is 1. The van der Waals surface area contributed by atoms with Crippen molar-refractivity contribution in [3.05, 3.63) is 89.1 Å². The zero-order valence-corrected chi connectivity index (χ0v) is 21.1. The molecule has 1 aromatic heterocycles. The summed E-state index contributed by atoms with van der Waals surface area (Å²) in [5.41, 5.74) is 2.36. The average molecular weight is 502 g/mol. The van der Waals surface area contributed by atoms with Crippen LogP contribution in [-0.4, -0.2) is 49.4 Å². The molecule has 1 aliphatic rings. The van der Waals surface area contributed by atoms with Gasteiger partial charge in [-0.3, -0.25) is 4.79 Å². The number of hydrogen-bond donors (Lipinski definition) is 1. The van der Waals surface area contributed by atoms with Crippen LogP contribution < -0.4 is 19.9 Å². The molecule has 1 amide bonds. The zero-order valence-electron chi connectivity index (χ0n) is 20.3. The predicted molar refractivity (Wildman–Crippen MR) is 144 cm³/mol. The molecule has 7 nitrogen and oxygen atoms in total. The molecule has 184 valence electrons. The van der Waals surface area contributed by atoms with Crippen LogP contribution in [0.2, 0.25) is 5.02 Å². The number of hydrogen-bond acceptors (Lipinski definition) is 6. The fourth-order valence-corrected chi connectivity index (χ4v) is 4.82. The first-order valence-corrected chi connectivity index (χ1v) is 12.4. The Hall–Kier alpha value is -3.84. The van der Waals surface area contributed by atoms with Crippen LogP contribution >= 0.6 is 11.6 Å². The number of fused-ring (bicyclic) bond motifs is 1. The molecule has 0 radical (unpaired) electrons. The van der Waals surface area contributed by atoms with E-state index in [1.165, 1.54) is 0 Å². The van der Waals surface area contributed by atoms with E-state index in [1.807, 2.05) is 79.7 Å². The number of rotatable bonds is 6. The number of carbonyl (C=O) groups excluding carboxylic acids is 1. The topological polar surface area (TPSA) is 70.6 Å². The minimum Gasteiger partial charge on any atom is -0.495 e. The van der Waals surface area contributed by atoms with Gasteiger partial charge in [-0.15, -0.1) is 10.2 Å². The summed E-state index contributed by atoms with van der Waals surface area (Å²) in [7, 11) is 1.67. The SMILES string of the molecule is COc1ccc(Cl)cc1N1CCN(c2nnc(C(=O)N[C@H](C)c3ccccc3)c3ccccc23)CC1. The Bertz CT molecular complexity index is 1370. The number of benzene rings is 3. The second-order valence-electron chi connectivity index (χ2n) is 8.81. The van der Waals surface area contributed by atoms with E-state index < -0.39 is 0 Å². The highest BCUT2D eigenvalue weighted by Crippen LogP contribution is 2.33. The van der Waals surface area contributed by atoms with Crippen molar-refractivity contribution >= 4 is 39.8 Å². The van der Waals surface area contributed by atoms with Gasteiger partial charge in [0.1, 0.15) is 5.75 Å². The maximum atomic E-state index is 13.2. The van der Waals surface area contributed by atoms with Gasteiger partial charge < -0.3 is 19.9 Å². The van der Waals surface area contributed by atoms with Crippen molar-refractivity contribution in [2.45, 2.75) is 13.0 Å². The molecule has 0 saturated carbocycles. The molecule has 36 heavy (non-hydrogen) atoms. The Morgan fingerprint density at radius 1 is 0.917 bits per heavy atom. The molecule has 1 saturated heterocycles. The third kappa shape index (κ3) is 4.79. The van der Waals surface area contributed by atoms with Crippen LogP contribution in [0, 0.1) is 0 Å². The molecule has 0 unspecified atom stereocenters. The molecule has 4 aromatic rings. The lowest BCUT2D eigenvalue weighted by Gasteiger charge is -2.37. The normalized spacial score (nSPS) is 14.5. The Morgan fingerprint density at radius 2 is 1.58 bits per heavy atom. The molecule has 0 spiro atoms. The van der Waals surface area contributed by atoms with E-state index in [9.17, 15) is 4.79 Å². The van der Waals surface area contributed by atoms with Crippen molar-refractivity contribution in [1.29, 1.82) is 0 Å². The van der Waals surface area contributed by atoms with E-state index in [4.69, 9.17) is 16.3 Å². The van der Waals surface area contributed by atoms with Gasteiger partial charge in [0.05, 0.1) is 18.8 Å². The Kier molecular flexibility index (Phi) is 6.91. The number of piperazine rings is 1. The highest BCUT2D eigenvalue weighted by atomic mass is 35.5. The molecule has 1 atom stereocenters. The summed E-state index contributed by atoms with van der Waals surface area (Å²) >= 11 is 6.25. The van der Waals surface area contributed by atoms with Gasteiger partial charge in [-0.2, -0.15) is 0 Å². The van der Waals surface area contributed by atoms with Crippen molar-refractivity contribution in [3.8, 4) is 5.75 Å². The first kappa shape index (κ1) is 23.9. The minimum atomic E-state index is -0.237. The van der Waals surface area contributed by atoms with E-state index in [0.29, 0.717) is 10.7 Å². The maximum Gasteiger partial charge on any atom is 0.272 e. The van der Waals surface area contributed by atoms with E-state index in [-0.39, 0.29) is 11.9 Å². The van der Waals surface area contributed by atoms with Crippen LogP contribution in [0.25, 0.3) is 10.8 Å². The summed E-state index contributed by atoms with van der Waals surface area (Å²) in [6.45, 7) is 5.04. The molecule has 1 N–H and O–H groups in total. The number of aromatic nitrogens is 2. The summed E-state index contributed by atoms with van der Waals surface area (Å²) in [6.07, 6.45) is 0. The summed E-state index contributed by atoms with van der Waals surface area (Å²) in [6, 6.07) is 23.2. The Balaban J connectivity index is 1.36. The molecule has 8 heteroatoms. The number of methoxy groups -OCH3 is 1. The minimum absolute atomic E-state index is 0.143. The van der Waals surface area contributed by atoms with E-state index in [2.05, 4.69) is 25.3 Å². The lowest BCUT2D eigenvalue weighted by molar-refractivity contribution is 0.0935. The number of halogens is 1. The Morgan fingerprint density at radius 3 is 2.31 bits per heavy atom. The smallest absolute Gasteiger partial charge is 0.272 e. The van der Waals surface area contributed by atoms with E-state index in [1.54, 1.807) is 7.11 Å². The van der Waals surface area contributed by atoms with Gasteiger partial charge >= 0.3 is 0 Å². The summed E-state index contributed by atoms with van der Waals surface area (Å²) < 4.78 is 5.54. The van der Waals surface area contributed by atoms with Crippen LogP contribution in [0.3, 0.4) is 0 Å². The van der Waals surface area contributed by atoms with Gasteiger partial charge in [0.2, 0.25) is 0 Å². The molecule has 2 heterocycles. The number of anilines is 2. The van der Waals surface area contributed by atoms with Crippen molar-refractivity contribution in [2.75, 3.05) is 43.1 Å². The summed E-state index contributed by atoms with van der Waals surface area (Å²) in [5.74, 6) is 1.36. The van der Waals surface area contributed by atoms with Crippen LogP contribution in [0.1, 0.15) is 29.0 Å². The molecular weight excluding hydrogens is 474 g/mol. The second-order valence-corrected chi connectivity index (χ2v) is 9.25. The lowest BCUT2D eigenvalue weighted by atomic mass is 10.1. The van der Waals surface area contributed by atoms with E-state index in [0.717, 1.165) is 59.8 Å². The van der Waals surface area contributed by atoms with Crippen LogP contribution in [0.15, 0.2) is 72.8 Å². The number of ether oxygens (including phenoxy) is 1. The molecule has 0 aliphatic carbocycles. The molecular formula is C28H28ClN5O2. The lowest BCUT2D eigenvalue weighted by Crippen LogP contribution is -2.47. The number of amides is 1. The van der Waals surface area contributed by atoms with Gasteiger partial charge in [-0.1, -0.05) is 66.2 Å². The van der Waals surface area contributed by atoms with Crippen LogP contribution in [0.5, 0.6) is 5.75 Å². The van der Waals surface area contributed by atoms with Gasteiger partial charge in [-0.05, 0) is 30.7 Å². The second kappa shape index (κ2) is 10.4. The molecule has 1 aliphatic heterocycles. The summed E-state index contributed by atoms with van der Waals surface area (Å²) in [4.78, 5) is 17.6. The Labute approximate surface area is 215 Å². The largest absolute Gasteiger partial charge is 0.495 e. The number of carbonyl (C=O) groups is 1. The zero-order chi connectivity index (χ0) is 25.1. The van der Waals surface area contributed by atoms with Gasteiger partial charge in [-0.25, -0.2) is 0 Å².